The van der Waals surface area contributed by atoms with Crippen LogP contribution in [0.3, 0.4) is 0 Å². The van der Waals surface area contributed by atoms with E-state index in [9.17, 15) is 4.79 Å². The number of hydrogen-bond acceptors (Lipinski definition) is 4. The van der Waals surface area contributed by atoms with E-state index in [1.165, 1.54) is 11.3 Å². The minimum absolute atomic E-state index is 0.0234. The molecule has 66 valence electrons. The average Bonchev–Trinajstić information content (AvgIpc) is 2.58. The third kappa shape index (κ3) is 1.31. The molecule has 3 N–H and O–H groups in total. The molecule has 2 atom stereocenters. The van der Waals surface area contributed by atoms with Crippen LogP contribution in [-0.4, -0.2) is 24.2 Å². The van der Waals surface area contributed by atoms with Crippen molar-refractivity contribution >= 4 is 11.3 Å². The van der Waals surface area contributed by atoms with Crippen LogP contribution in [0.15, 0.2) is 10.2 Å². The van der Waals surface area contributed by atoms with Gasteiger partial charge in [0.05, 0.1) is 13.2 Å². The van der Waals surface area contributed by atoms with Gasteiger partial charge < -0.3 is 15.5 Å². The Balaban J connectivity index is 2.24. The van der Waals surface area contributed by atoms with Crippen molar-refractivity contribution in [1.29, 1.82) is 0 Å². The highest BCUT2D eigenvalue weighted by molar-refractivity contribution is 7.07. The summed E-state index contributed by atoms with van der Waals surface area (Å²) < 4.78 is 5.19. The first-order valence-corrected chi connectivity index (χ1v) is 4.66. The summed E-state index contributed by atoms with van der Waals surface area (Å²) in [5.41, 5.74) is 6.69. The van der Waals surface area contributed by atoms with Gasteiger partial charge in [-0.3, -0.25) is 4.79 Å². The van der Waals surface area contributed by atoms with Crippen molar-refractivity contribution in [2.24, 2.45) is 5.73 Å². The second-order valence-corrected chi connectivity index (χ2v) is 3.75. The summed E-state index contributed by atoms with van der Waals surface area (Å²) in [6.45, 7) is 1.20. The van der Waals surface area contributed by atoms with Crippen LogP contribution in [0.5, 0.6) is 0 Å². The lowest BCUT2D eigenvalue weighted by Gasteiger charge is -2.09. The minimum Gasteiger partial charge on any atom is -0.379 e. The Hall–Kier alpha value is -0.650. The Bertz CT molecular complexity index is 319. The predicted octanol–water partition coefficient (Wildman–Crippen LogP) is -0.122. The number of aromatic amines is 1. The fraction of sp³-hybridized carbons (Fsp3) is 0.571. The number of hydrogen-bond donors (Lipinski definition) is 2. The molecule has 12 heavy (non-hydrogen) atoms. The topological polar surface area (TPSA) is 68.1 Å². The lowest BCUT2D eigenvalue weighted by molar-refractivity contribution is 0.190. The molecular formula is C7H10N2O2S. The van der Waals surface area contributed by atoms with Crippen LogP contribution in [0.2, 0.25) is 0 Å². The van der Waals surface area contributed by atoms with Crippen LogP contribution >= 0.6 is 11.3 Å². The van der Waals surface area contributed by atoms with Gasteiger partial charge in [-0.25, -0.2) is 0 Å². The molecule has 4 nitrogen and oxygen atoms in total. The Morgan fingerprint density at radius 1 is 1.67 bits per heavy atom. The highest BCUT2D eigenvalue weighted by Gasteiger charge is 2.27. The van der Waals surface area contributed by atoms with Crippen LogP contribution in [0.25, 0.3) is 0 Å². The van der Waals surface area contributed by atoms with E-state index in [2.05, 4.69) is 4.98 Å². The second kappa shape index (κ2) is 3.01. The zero-order valence-corrected chi connectivity index (χ0v) is 7.26. The normalized spacial score (nSPS) is 29.4. The Morgan fingerprint density at radius 2 is 2.50 bits per heavy atom. The zero-order valence-electron chi connectivity index (χ0n) is 6.45. The van der Waals surface area contributed by atoms with Gasteiger partial charge in [0.15, 0.2) is 0 Å². The summed E-state index contributed by atoms with van der Waals surface area (Å²) in [5, 5.41) is 1.82. The molecule has 0 aliphatic carbocycles. The summed E-state index contributed by atoms with van der Waals surface area (Å²) in [6.07, 6.45) is 0. The van der Waals surface area contributed by atoms with Crippen molar-refractivity contribution in [3.63, 3.8) is 0 Å². The number of aromatic nitrogens is 1. The zero-order chi connectivity index (χ0) is 8.55. The van der Waals surface area contributed by atoms with Gasteiger partial charge in [0.1, 0.15) is 0 Å². The third-order valence-electron chi connectivity index (χ3n) is 2.06. The molecule has 1 aliphatic heterocycles. The lowest BCUT2D eigenvalue weighted by atomic mass is 10.0. The molecule has 0 bridgehead atoms. The van der Waals surface area contributed by atoms with E-state index < -0.39 is 0 Å². The van der Waals surface area contributed by atoms with E-state index in [1.807, 2.05) is 5.38 Å². The van der Waals surface area contributed by atoms with Crippen molar-refractivity contribution < 1.29 is 4.74 Å². The number of thiazole rings is 1. The van der Waals surface area contributed by atoms with Crippen LogP contribution in [0.4, 0.5) is 0 Å². The SMILES string of the molecule is NC1COCC1c1csc(=O)[nH]1. The molecule has 1 aromatic rings. The first-order valence-electron chi connectivity index (χ1n) is 3.78. The molecule has 2 rings (SSSR count). The molecule has 2 heterocycles. The summed E-state index contributed by atoms with van der Waals surface area (Å²) >= 11 is 1.17. The van der Waals surface area contributed by atoms with Gasteiger partial charge in [-0.05, 0) is 0 Å². The van der Waals surface area contributed by atoms with E-state index >= 15 is 0 Å². The fourth-order valence-electron chi connectivity index (χ4n) is 1.37. The van der Waals surface area contributed by atoms with Gasteiger partial charge in [-0.2, -0.15) is 0 Å². The summed E-state index contributed by atoms with van der Waals surface area (Å²) in [5.74, 6) is 0.170. The molecule has 0 saturated carbocycles. The highest BCUT2D eigenvalue weighted by Crippen LogP contribution is 2.22. The summed E-state index contributed by atoms with van der Waals surface area (Å²) in [6, 6.07) is 0.0234. The van der Waals surface area contributed by atoms with Crippen LogP contribution in [0, 0.1) is 0 Å². The molecule has 1 fully saturated rings. The van der Waals surface area contributed by atoms with Gasteiger partial charge in [-0.1, -0.05) is 11.3 Å². The molecular weight excluding hydrogens is 176 g/mol. The van der Waals surface area contributed by atoms with E-state index in [-0.39, 0.29) is 16.8 Å². The van der Waals surface area contributed by atoms with Crippen molar-refractivity contribution in [3.05, 3.63) is 20.7 Å². The predicted molar refractivity (Wildman–Crippen MR) is 46.5 cm³/mol. The van der Waals surface area contributed by atoms with Gasteiger partial charge >= 0.3 is 4.87 Å². The second-order valence-electron chi connectivity index (χ2n) is 2.91. The van der Waals surface area contributed by atoms with E-state index in [4.69, 9.17) is 10.5 Å². The quantitative estimate of drug-likeness (QED) is 0.642. The first-order chi connectivity index (χ1) is 5.77. The average molecular weight is 186 g/mol. The maximum absolute atomic E-state index is 10.8. The maximum Gasteiger partial charge on any atom is 0.304 e. The van der Waals surface area contributed by atoms with Crippen molar-refractivity contribution in [2.45, 2.75) is 12.0 Å². The number of H-pyrrole nitrogens is 1. The van der Waals surface area contributed by atoms with E-state index in [0.29, 0.717) is 13.2 Å². The molecule has 1 aliphatic rings. The van der Waals surface area contributed by atoms with Gasteiger partial charge in [0.2, 0.25) is 0 Å². The molecule has 5 heteroatoms. The number of nitrogens with one attached hydrogen (secondary N) is 1. The number of nitrogens with two attached hydrogens (primary N) is 1. The van der Waals surface area contributed by atoms with Crippen LogP contribution < -0.4 is 10.6 Å². The van der Waals surface area contributed by atoms with Gasteiger partial charge in [0, 0.05) is 23.0 Å². The maximum atomic E-state index is 10.8. The molecule has 0 radical (unpaired) electrons. The Kier molecular flexibility index (Phi) is 2.00. The summed E-state index contributed by atoms with van der Waals surface area (Å²) in [7, 11) is 0. The molecule has 2 unspecified atom stereocenters. The third-order valence-corrected chi connectivity index (χ3v) is 2.75. The first kappa shape index (κ1) is 7.97. The Morgan fingerprint density at radius 3 is 3.00 bits per heavy atom. The minimum atomic E-state index is -0.0240. The molecule has 0 spiro atoms. The van der Waals surface area contributed by atoms with Crippen molar-refractivity contribution in [1.82, 2.24) is 4.98 Å². The Labute approximate surface area is 73.4 Å². The van der Waals surface area contributed by atoms with E-state index in [1.54, 1.807) is 0 Å². The smallest absolute Gasteiger partial charge is 0.304 e. The number of ether oxygens (including phenoxy) is 1. The highest BCUT2D eigenvalue weighted by atomic mass is 32.1. The monoisotopic (exact) mass is 186 g/mol. The van der Waals surface area contributed by atoms with Crippen molar-refractivity contribution in [2.75, 3.05) is 13.2 Å². The molecule has 1 aromatic heterocycles. The summed E-state index contributed by atoms with van der Waals surface area (Å²) in [4.78, 5) is 13.6. The van der Waals surface area contributed by atoms with Gasteiger partial charge in [-0.15, -0.1) is 0 Å². The lowest BCUT2D eigenvalue weighted by Crippen LogP contribution is -2.27. The molecule has 0 aromatic carbocycles. The van der Waals surface area contributed by atoms with E-state index in [0.717, 1.165) is 5.69 Å². The number of rotatable bonds is 1. The van der Waals surface area contributed by atoms with Crippen LogP contribution in [0.1, 0.15) is 11.6 Å². The largest absolute Gasteiger partial charge is 0.379 e. The van der Waals surface area contributed by atoms with Crippen LogP contribution in [-0.2, 0) is 4.74 Å². The molecule has 0 amide bonds. The van der Waals surface area contributed by atoms with Gasteiger partial charge in [0.25, 0.3) is 0 Å². The van der Waals surface area contributed by atoms with Crippen molar-refractivity contribution in [3.8, 4) is 0 Å². The standard InChI is InChI=1S/C7H10N2O2S/c8-5-2-11-1-4(5)6-3-12-7(10)9-6/h3-5H,1-2,8H2,(H,9,10). The molecule has 1 saturated heterocycles. The fourth-order valence-corrected chi connectivity index (χ4v) is 2.01.